The molecule has 0 bridgehead atoms. The molecule has 0 saturated heterocycles. The lowest BCUT2D eigenvalue weighted by atomic mass is 10.1. The molecule has 2 aromatic carbocycles. The van der Waals surface area contributed by atoms with Gasteiger partial charge < -0.3 is 5.32 Å². The van der Waals surface area contributed by atoms with E-state index in [1.54, 1.807) is 24.3 Å². The average molecular weight is 314 g/mol. The molecular weight excluding hydrogens is 302 g/mol. The maximum absolute atomic E-state index is 13.5. The fourth-order valence-electron chi connectivity index (χ4n) is 2.02. The maximum atomic E-state index is 13.5. The Kier molecular flexibility index (Phi) is 4.09. The maximum Gasteiger partial charge on any atom is 0.274 e. The molecule has 116 valence electrons. The standard InChI is InChI=1S/C16H12F2N4O/c17-11-7-5-10(6-8-11)9-14-15(23)20-16(22-21-14)19-13-4-2-1-3-12(13)18/h1-8H,9H2,(H2,19,20,22,23). The third-order valence-electron chi connectivity index (χ3n) is 3.18. The predicted molar refractivity (Wildman–Crippen MR) is 81.5 cm³/mol. The van der Waals surface area contributed by atoms with Crippen molar-refractivity contribution >= 4 is 11.6 Å². The van der Waals surface area contributed by atoms with Gasteiger partial charge in [-0.3, -0.25) is 9.78 Å². The van der Waals surface area contributed by atoms with E-state index in [1.807, 2.05) is 0 Å². The van der Waals surface area contributed by atoms with Gasteiger partial charge in [-0.15, -0.1) is 10.2 Å². The second-order valence-electron chi connectivity index (χ2n) is 4.86. The number of nitrogens with zero attached hydrogens (tertiary/aromatic N) is 2. The molecule has 0 atom stereocenters. The molecule has 3 rings (SSSR count). The van der Waals surface area contributed by atoms with E-state index in [2.05, 4.69) is 20.5 Å². The van der Waals surface area contributed by atoms with Gasteiger partial charge in [-0.1, -0.05) is 24.3 Å². The Labute approximate surface area is 130 Å². The van der Waals surface area contributed by atoms with Gasteiger partial charge in [0.25, 0.3) is 5.56 Å². The van der Waals surface area contributed by atoms with Crippen molar-refractivity contribution in [3.63, 3.8) is 0 Å². The van der Waals surface area contributed by atoms with Gasteiger partial charge in [0.1, 0.15) is 17.3 Å². The van der Waals surface area contributed by atoms with Crippen molar-refractivity contribution in [2.45, 2.75) is 6.42 Å². The molecule has 5 nitrogen and oxygen atoms in total. The second-order valence-corrected chi connectivity index (χ2v) is 4.86. The van der Waals surface area contributed by atoms with E-state index in [0.717, 1.165) is 5.56 Å². The molecule has 0 fully saturated rings. The number of aromatic amines is 1. The SMILES string of the molecule is O=c1[nH]c(Nc2ccccc2F)nnc1Cc1ccc(F)cc1. The summed E-state index contributed by atoms with van der Waals surface area (Å²) >= 11 is 0. The van der Waals surface area contributed by atoms with Crippen molar-refractivity contribution in [1.82, 2.24) is 15.2 Å². The summed E-state index contributed by atoms with van der Waals surface area (Å²) in [4.78, 5) is 14.5. The Morgan fingerprint density at radius 1 is 1.00 bits per heavy atom. The molecule has 1 aromatic heterocycles. The molecule has 0 aliphatic heterocycles. The lowest BCUT2D eigenvalue weighted by Gasteiger charge is -2.06. The highest BCUT2D eigenvalue weighted by Gasteiger charge is 2.08. The van der Waals surface area contributed by atoms with Crippen molar-refractivity contribution in [2.24, 2.45) is 0 Å². The van der Waals surface area contributed by atoms with Crippen molar-refractivity contribution in [2.75, 3.05) is 5.32 Å². The van der Waals surface area contributed by atoms with Gasteiger partial charge in [0.2, 0.25) is 5.95 Å². The zero-order valence-electron chi connectivity index (χ0n) is 11.9. The van der Waals surface area contributed by atoms with Crippen molar-refractivity contribution in [3.05, 3.63) is 81.8 Å². The molecule has 0 aliphatic carbocycles. The van der Waals surface area contributed by atoms with Crippen LogP contribution in [0, 0.1) is 11.6 Å². The number of rotatable bonds is 4. The van der Waals surface area contributed by atoms with E-state index in [1.165, 1.54) is 24.3 Å². The van der Waals surface area contributed by atoms with Crippen LogP contribution >= 0.6 is 0 Å². The summed E-state index contributed by atoms with van der Waals surface area (Å²) < 4.78 is 26.4. The molecule has 23 heavy (non-hydrogen) atoms. The third-order valence-corrected chi connectivity index (χ3v) is 3.18. The number of para-hydroxylation sites is 1. The van der Waals surface area contributed by atoms with Crippen LogP contribution in [-0.2, 0) is 6.42 Å². The first kappa shape index (κ1) is 14.8. The Bertz CT molecular complexity index is 878. The monoisotopic (exact) mass is 314 g/mol. The van der Waals surface area contributed by atoms with Gasteiger partial charge >= 0.3 is 0 Å². The number of halogens is 2. The highest BCUT2D eigenvalue weighted by molar-refractivity contribution is 5.53. The van der Waals surface area contributed by atoms with Crippen LogP contribution in [0.3, 0.4) is 0 Å². The normalized spacial score (nSPS) is 10.5. The van der Waals surface area contributed by atoms with Crippen LogP contribution in [0.25, 0.3) is 0 Å². The zero-order valence-corrected chi connectivity index (χ0v) is 11.9. The molecule has 1 heterocycles. The first-order valence-corrected chi connectivity index (χ1v) is 6.84. The quantitative estimate of drug-likeness (QED) is 0.777. The van der Waals surface area contributed by atoms with Gasteiger partial charge in [0.05, 0.1) is 5.69 Å². The Morgan fingerprint density at radius 3 is 2.43 bits per heavy atom. The van der Waals surface area contributed by atoms with E-state index in [-0.39, 0.29) is 29.6 Å². The third kappa shape index (κ3) is 3.57. The molecule has 0 radical (unpaired) electrons. The van der Waals surface area contributed by atoms with Crippen LogP contribution in [0.5, 0.6) is 0 Å². The number of nitrogens with one attached hydrogen (secondary N) is 2. The van der Waals surface area contributed by atoms with Crippen LogP contribution in [0.4, 0.5) is 20.4 Å². The summed E-state index contributed by atoms with van der Waals surface area (Å²) in [5, 5.41) is 10.3. The minimum Gasteiger partial charge on any atom is -0.322 e. The zero-order chi connectivity index (χ0) is 16.2. The van der Waals surface area contributed by atoms with E-state index in [9.17, 15) is 13.6 Å². The van der Waals surface area contributed by atoms with Gasteiger partial charge in [0.15, 0.2) is 0 Å². The Hall–Kier alpha value is -3.09. The van der Waals surface area contributed by atoms with E-state index in [4.69, 9.17) is 0 Å². The van der Waals surface area contributed by atoms with Gasteiger partial charge in [-0.2, -0.15) is 0 Å². The summed E-state index contributed by atoms with van der Waals surface area (Å²) in [6.45, 7) is 0. The minimum absolute atomic E-state index is 0.0444. The van der Waals surface area contributed by atoms with Gasteiger partial charge in [-0.25, -0.2) is 8.78 Å². The lowest BCUT2D eigenvalue weighted by molar-refractivity contribution is 0.627. The smallest absolute Gasteiger partial charge is 0.274 e. The average Bonchev–Trinajstić information content (AvgIpc) is 2.54. The molecule has 0 saturated carbocycles. The van der Waals surface area contributed by atoms with Crippen LogP contribution < -0.4 is 10.9 Å². The van der Waals surface area contributed by atoms with Crippen molar-refractivity contribution in [3.8, 4) is 0 Å². The summed E-state index contributed by atoms with van der Waals surface area (Å²) in [5.74, 6) is -0.772. The van der Waals surface area contributed by atoms with Crippen LogP contribution in [-0.4, -0.2) is 15.2 Å². The number of H-pyrrole nitrogens is 1. The fraction of sp³-hybridized carbons (Fsp3) is 0.0625. The topological polar surface area (TPSA) is 70.7 Å². The summed E-state index contributed by atoms with van der Waals surface area (Å²) in [6.07, 6.45) is 0.225. The van der Waals surface area contributed by atoms with E-state index < -0.39 is 11.4 Å². The highest BCUT2D eigenvalue weighted by atomic mass is 19.1. The second kappa shape index (κ2) is 6.35. The first-order valence-electron chi connectivity index (χ1n) is 6.84. The number of aromatic nitrogens is 3. The molecule has 0 unspecified atom stereocenters. The molecular formula is C16H12F2N4O. The Morgan fingerprint density at radius 2 is 1.74 bits per heavy atom. The fourth-order valence-corrected chi connectivity index (χ4v) is 2.02. The number of benzene rings is 2. The number of anilines is 2. The van der Waals surface area contributed by atoms with E-state index in [0.29, 0.717) is 0 Å². The van der Waals surface area contributed by atoms with Crippen molar-refractivity contribution in [1.29, 1.82) is 0 Å². The highest BCUT2D eigenvalue weighted by Crippen LogP contribution is 2.15. The molecule has 0 amide bonds. The van der Waals surface area contributed by atoms with E-state index >= 15 is 0 Å². The van der Waals surface area contributed by atoms with Crippen molar-refractivity contribution < 1.29 is 8.78 Å². The van der Waals surface area contributed by atoms with Crippen LogP contribution in [0.1, 0.15) is 11.3 Å². The first-order chi connectivity index (χ1) is 11.1. The molecule has 2 N–H and O–H groups in total. The summed E-state index contributed by atoms with van der Waals surface area (Å²) in [5.41, 5.74) is 0.670. The predicted octanol–water partition coefficient (Wildman–Crippen LogP) is 2.78. The molecule has 7 heteroatoms. The summed E-state index contributed by atoms with van der Waals surface area (Å²) in [7, 11) is 0. The van der Waals surface area contributed by atoms with Gasteiger partial charge in [0, 0.05) is 6.42 Å². The number of hydrogen-bond donors (Lipinski definition) is 2. The van der Waals surface area contributed by atoms with Crippen LogP contribution in [0.2, 0.25) is 0 Å². The van der Waals surface area contributed by atoms with Gasteiger partial charge in [-0.05, 0) is 29.8 Å². The van der Waals surface area contributed by atoms with Crippen LogP contribution in [0.15, 0.2) is 53.3 Å². The molecule has 3 aromatic rings. The lowest BCUT2D eigenvalue weighted by Crippen LogP contribution is -2.19. The molecule has 0 spiro atoms. The summed E-state index contributed by atoms with van der Waals surface area (Å²) in [6, 6.07) is 11.8. The number of hydrogen-bond acceptors (Lipinski definition) is 4. The molecule has 0 aliphatic rings. The largest absolute Gasteiger partial charge is 0.322 e. The minimum atomic E-state index is -0.467. The Balaban J connectivity index is 1.79.